The number of nitrogens with one attached hydrogen (secondary N) is 1. The Labute approximate surface area is 129 Å². The second-order valence-corrected chi connectivity index (χ2v) is 5.73. The fourth-order valence-corrected chi connectivity index (χ4v) is 2.78. The molecule has 7 nitrogen and oxygen atoms in total. The van der Waals surface area contributed by atoms with Gasteiger partial charge in [0.2, 0.25) is 5.91 Å². The van der Waals surface area contributed by atoms with Crippen molar-refractivity contribution >= 4 is 17.6 Å². The Morgan fingerprint density at radius 2 is 2.18 bits per heavy atom. The molecule has 1 aromatic rings. The van der Waals surface area contributed by atoms with Gasteiger partial charge in [-0.25, -0.2) is 0 Å². The largest absolute Gasteiger partial charge is 0.481 e. The summed E-state index contributed by atoms with van der Waals surface area (Å²) in [4.78, 5) is 23.1. The quantitative estimate of drug-likeness (QED) is 0.864. The Morgan fingerprint density at radius 1 is 1.45 bits per heavy atom. The third-order valence-corrected chi connectivity index (χ3v) is 4.11. The number of amides is 1. The molecule has 0 spiro atoms. The molecule has 2 N–H and O–H groups in total. The minimum Gasteiger partial charge on any atom is -0.481 e. The summed E-state index contributed by atoms with van der Waals surface area (Å²) >= 11 is 0. The summed E-state index contributed by atoms with van der Waals surface area (Å²) in [7, 11) is 0. The maximum absolute atomic E-state index is 12.4. The van der Waals surface area contributed by atoms with Gasteiger partial charge in [0.05, 0.1) is 42.1 Å². The zero-order chi connectivity index (χ0) is 16.3. The summed E-state index contributed by atoms with van der Waals surface area (Å²) in [6.45, 7) is 6.55. The average molecular weight is 309 g/mol. The lowest BCUT2D eigenvalue weighted by Crippen LogP contribution is -2.36. The van der Waals surface area contributed by atoms with Gasteiger partial charge in [0, 0.05) is 6.61 Å². The number of carbonyl (C=O) groups excluding carboxylic acids is 1. The smallest absolute Gasteiger partial charge is 0.305 e. The van der Waals surface area contributed by atoms with Gasteiger partial charge in [0.15, 0.2) is 0 Å². The first kappa shape index (κ1) is 16.5. The number of aromatic nitrogens is 2. The Bertz CT molecular complexity index is 567. The predicted molar refractivity (Wildman–Crippen MR) is 80.7 cm³/mol. The minimum absolute atomic E-state index is 0.00282. The second kappa shape index (κ2) is 6.91. The fraction of sp³-hybridized carbons (Fsp3) is 0.667. The van der Waals surface area contributed by atoms with Gasteiger partial charge in [-0.15, -0.1) is 0 Å². The van der Waals surface area contributed by atoms with Crippen LogP contribution < -0.4 is 5.32 Å². The van der Waals surface area contributed by atoms with Crippen molar-refractivity contribution in [3.8, 4) is 0 Å². The molecule has 7 heteroatoms. The van der Waals surface area contributed by atoms with Crippen molar-refractivity contribution in [2.45, 2.75) is 52.7 Å². The first-order valence-corrected chi connectivity index (χ1v) is 7.58. The van der Waals surface area contributed by atoms with Crippen LogP contribution in [0, 0.1) is 19.8 Å². The van der Waals surface area contributed by atoms with Gasteiger partial charge < -0.3 is 15.2 Å². The number of hydrogen-bond acceptors (Lipinski definition) is 4. The third kappa shape index (κ3) is 3.65. The maximum Gasteiger partial charge on any atom is 0.305 e. The normalized spacial score (nSPS) is 21.6. The van der Waals surface area contributed by atoms with Crippen molar-refractivity contribution in [3.63, 3.8) is 0 Å². The van der Waals surface area contributed by atoms with Crippen molar-refractivity contribution in [2.24, 2.45) is 5.92 Å². The Hall–Kier alpha value is -1.89. The van der Waals surface area contributed by atoms with Gasteiger partial charge in [-0.1, -0.05) is 0 Å². The predicted octanol–water partition coefficient (Wildman–Crippen LogP) is 1.73. The Kier molecular flexibility index (Phi) is 5.18. The lowest BCUT2D eigenvalue weighted by molar-refractivity contribution is -0.137. The second-order valence-electron chi connectivity index (χ2n) is 5.73. The van der Waals surface area contributed by atoms with Gasteiger partial charge in [0.1, 0.15) is 0 Å². The molecule has 0 aliphatic carbocycles. The number of ether oxygens (including phenoxy) is 1. The van der Waals surface area contributed by atoms with Crippen molar-refractivity contribution < 1.29 is 19.4 Å². The molecular formula is C15H23N3O4. The van der Waals surface area contributed by atoms with Gasteiger partial charge in [-0.2, -0.15) is 5.10 Å². The molecule has 1 amide bonds. The monoisotopic (exact) mass is 309 g/mol. The van der Waals surface area contributed by atoms with Crippen LogP contribution in [0.1, 0.15) is 37.6 Å². The topological polar surface area (TPSA) is 93.5 Å². The van der Waals surface area contributed by atoms with E-state index in [9.17, 15) is 9.59 Å². The van der Waals surface area contributed by atoms with Gasteiger partial charge in [0.25, 0.3) is 0 Å². The fourth-order valence-electron chi connectivity index (χ4n) is 2.78. The lowest BCUT2D eigenvalue weighted by atomic mass is 9.94. The van der Waals surface area contributed by atoms with Crippen LogP contribution >= 0.6 is 0 Å². The van der Waals surface area contributed by atoms with Crippen LogP contribution in [0.15, 0.2) is 0 Å². The molecule has 0 bridgehead atoms. The van der Waals surface area contributed by atoms with Crippen molar-refractivity contribution in [1.29, 1.82) is 0 Å². The average Bonchev–Trinajstić information content (AvgIpc) is 2.73. The molecule has 2 unspecified atom stereocenters. The highest BCUT2D eigenvalue weighted by atomic mass is 16.5. The highest BCUT2D eigenvalue weighted by molar-refractivity contribution is 5.94. The zero-order valence-electron chi connectivity index (χ0n) is 13.3. The standard InChI is InChI=1S/C15H23N3O4/c1-9-14(10(2)18(17-9)7-6-13(19)20)16-15(21)12-5-4-8-22-11(12)3/h11-12H,4-8H2,1-3H3,(H,16,21)(H,19,20). The van der Waals surface area contributed by atoms with Crippen LogP contribution in [0.2, 0.25) is 0 Å². The lowest BCUT2D eigenvalue weighted by Gasteiger charge is -2.28. The van der Waals surface area contributed by atoms with Crippen LogP contribution in [0.3, 0.4) is 0 Å². The number of anilines is 1. The summed E-state index contributed by atoms with van der Waals surface area (Å²) in [6, 6.07) is 0. The number of aryl methyl sites for hydroxylation is 2. The van der Waals surface area contributed by atoms with E-state index < -0.39 is 5.97 Å². The summed E-state index contributed by atoms with van der Waals surface area (Å²) < 4.78 is 7.16. The summed E-state index contributed by atoms with van der Waals surface area (Å²) in [5.41, 5.74) is 2.14. The molecule has 2 atom stereocenters. The molecule has 1 saturated heterocycles. The molecule has 22 heavy (non-hydrogen) atoms. The van der Waals surface area contributed by atoms with Crippen molar-refractivity contribution in [3.05, 3.63) is 11.4 Å². The minimum atomic E-state index is -0.869. The van der Waals surface area contributed by atoms with E-state index in [1.54, 1.807) is 11.6 Å². The first-order valence-electron chi connectivity index (χ1n) is 7.58. The summed E-state index contributed by atoms with van der Waals surface area (Å²) in [5, 5.41) is 16.0. The van der Waals surface area contributed by atoms with Gasteiger partial charge in [-0.05, 0) is 33.6 Å². The number of hydrogen-bond donors (Lipinski definition) is 2. The Morgan fingerprint density at radius 3 is 2.82 bits per heavy atom. The van der Waals surface area contributed by atoms with Crippen molar-refractivity contribution in [1.82, 2.24) is 9.78 Å². The molecule has 1 aliphatic heterocycles. The van der Waals surface area contributed by atoms with E-state index in [0.717, 1.165) is 18.5 Å². The Balaban J connectivity index is 2.08. The molecule has 1 fully saturated rings. The molecule has 2 heterocycles. The van der Waals surface area contributed by atoms with E-state index in [1.807, 2.05) is 13.8 Å². The summed E-state index contributed by atoms with van der Waals surface area (Å²) in [6.07, 6.45) is 1.62. The highest BCUT2D eigenvalue weighted by Crippen LogP contribution is 2.25. The molecule has 1 aliphatic rings. The molecule has 1 aromatic heterocycles. The van der Waals surface area contributed by atoms with E-state index in [-0.39, 0.29) is 24.3 Å². The number of carboxylic acid groups (broad SMARTS) is 1. The van der Waals surface area contributed by atoms with Crippen LogP contribution in [0.25, 0.3) is 0 Å². The molecule has 0 radical (unpaired) electrons. The van der Waals surface area contributed by atoms with Crippen molar-refractivity contribution in [2.75, 3.05) is 11.9 Å². The molecule has 122 valence electrons. The summed E-state index contributed by atoms with van der Waals surface area (Å²) in [5.74, 6) is -1.09. The van der Waals surface area contributed by atoms with Crippen LogP contribution in [-0.2, 0) is 20.9 Å². The maximum atomic E-state index is 12.4. The van der Waals surface area contributed by atoms with Gasteiger partial charge >= 0.3 is 5.97 Å². The van der Waals surface area contributed by atoms with E-state index in [2.05, 4.69) is 10.4 Å². The number of aliphatic carboxylic acids is 1. The molecule has 0 aromatic carbocycles. The number of carboxylic acids is 1. The number of nitrogens with zero attached hydrogens (tertiary/aromatic N) is 2. The van der Waals surface area contributed by atoms with E-state index in [1.165, 1.54) is 0 Å². The number of carbonyl (C=O) groups is 2. The first-order chi connectivity index (χ1) is 10.4. The van der Waals surface area contributed by atoms with E-state index >= 15 is 0 Å². The van der Waals surface area contributed by atoms with Crippen LogP contribution in [-0.4, -0.2) is 39.5 Å². The molecule has 0 saturated carbocycles. The van der Waals surface area contributed by atoms with Crippen LogP contribution in [0.4, 0.5) is 5.69 Å². The third-order valence-electron chi connectivity index (χ3n) is 4.11. The zero-order valence-corrected chi connectivity index (χ0v) is 13.3. The van der Waals surface area contributed by atoms with Gasteiger partial charge in [-0.3, -0.25) is 14.3 Å². The number of rotatable bonds is 5. The SMILES string of the molecule is Cc1nn(CCC(=O)O)c(C)c1NC(=O)C1CCCOC1C. The van der Waals surface area contributed by atoms with E-state index in [0.29, 0.717) is 24.5 Å². The molecular weight excluding hydrogens is 286 g/mol. The molecule has 2 rings (SSSR count). The van der Waals surface area contributed by atoms with Crippen LogP contribution in [0.5, 0.6) is 0 Å². The van der Waals surface area contributed by atoms with E-state index in [4.69, 9.17) is 9.84 Å². The highest BCUT2D eigenvalue weighted by Gasteiger charge is 2.29.